The van der Waals surface area contributed by atoms with Gasteiger partial charge in [0.05, 0.1) is 17.1 Å². The van der Waals surface area contributed by atoms with Crippen molar-refractivity contribution >= 4 is 29.3 Å². The zero-order valence-electron chi connectivity index (χ0n) is 19.6. The highest BCUT2D eigenvalue weighted by Gasteiger charge is 2.15. The molecule has 0 saturated carbocycles. The number of amides is 1. The number of ether oxygens (including phenoxy) is 2. The van der Waals surface area contributed by atoms with Crippen molar-refractivity contribution in [3.05, 3.63) is 104 Å². The lowest BCUT2D eigenvalue weighted by molar-refractivity contribution is -0.384. The van der Waals surface area contributed by atoms with E-state index in [1.54, 1.807) is 24.3 Å². The van der Waals surface area contributed by atoms with Gasteiger partial charge in [0, 0.05) is 18.7 Å². The molecule has 0 radical (unpaired) electrons. The molecule has 0 spiro atoms. The van der Waals surface area contributed by atoms with E-state index in [9.17, 15) is 20.2 Å². The largest absolute Gasteiger partial charge is 0.493 e. The molecule has 0 aliphatic heterocycles. The number of halogens is 1. The molecule has 0 fully saturated rings. The van der Waals surface area contributed by atoms with Crippen molar-refractivity contribution in [1.29, 1.82) is 5.26 Å². The maximum absolute atomic E-state index is 12.5. The summed E-state index contributed by atoms with van der Waals surface area (Å²) in [6.45, 7) is 0.461. The maximum Gasteiger partial charge on any atom is 0.269 e. The fraction of sp³-hybridized carbons (Fsp3) is 0.185. The van der Waals surface area contributed by atoms with Crippen LogP contribution in [0.4, 0.5) is 5.69 Å². The lowest BCUT2D eigenvalue weighted by Crippen LogP contribution is -2.25. The summed E-state index contributed by atoms with van der Waals surface area (Å²) >= 11 is 6.40. The SMILES string of the molecule is COc1cc(/C=C(/C#N)C(=O)NCCCc2ccccc2)cc(Cl)c1OCc1cccc([N+](=O)[O-])c1. The molecule has 184 valence electrons. The Morgan fingerprint density at radius 1 is 1.14 bits per heavy atom. The highest BCUT2D eigenvalue weighted by Crippen LogP contribution is 2.37. The van der Waals surface area contributed by atoms with Gasteiger partial charge in [0.1, 0.15) is 18.2 Å². The number of nitrogens with one attached hydrogen (secondary N) is 1. The molecule has 1 amide bonds. The number of carbonyl (C=O) groups is 1. The number of hydrogen-bond acceptors (Lipinski definition) is 6. The van der Waals surface area contributed by atoms with Gasteiger partial charge >= 0.3 is 0 Å². The van der Waals surface area contributed by atoms with Crippen LogP contribution in [0.25, 0.3) is 6.08 Å². The van der Waals surface area contributed by atoms with Crippen LogP contribution in [0.2, 0.25) is 5.02 Å². The Kier molecular flexibility index (Phi) is 9.43. The molecular weight excluding hydrogens is 482 g/mol. The number of nitriles is 1. The molecule has 3 aromatic carbocycles. The van der Waals surface area contributed by atoms with Gasteiger partial charge in [-0.25, -0.2) is 0 Å². The molecule has 0 aliphatic carbocycles. The minimum Gasteiger partial charge on any atom is -0.493 e. The van der Waals surface area contributed by atoms with Crippen LogP contribution in [0.15, 0.2) is 72.3 Å². The van der Waals surface area contributed by atoms with Crippen LogP contribution in [-0.4, -0.2) is 24.5 Å². The van der Waals surface area contributed by atoms with Crippen LogP contribution in [0, 0.1) is 21.4 Å². The van der Waals surface area contributed by atoms with Gasteiger partial charge in [-0.1, -0.05) is 54.1 Å². The number of nitro benzene ring substituents is 1. The third-order valence-electron chi connectivity index (χ3n) is 5.20. The number of nitro groups is 1. The van der Waals surface area contributed by atoms with E-state index in [1.807, 2.05) is 36.4 Å². The Hall–Kier alpha value is -4.35. The molecule has 3 rings (SSSR count). The summed E-state index contributed by atoms with van der Waals surface area (Å²) < 4.78 is 11.2. The summed E-state index contributed by atoms with van der Waals surface area (Å²) in [5.74, 6) is 0.0538. The summed E-state index contributed by atoms with van der Waals surface area (Å²) in [7, 11) is 1.43. The summed E-state index contributed by atoms with van der Waals surface area (Å²) in [4.78, 5) is 23.0. The number of benzene rings is 3. The summed E-state index contributed by atoms with van der Waals surface area (Å²) in [5.41, 5.74) is 2.13. The molecule has 0 unspecified atom stereocenters. The lowest BCUT2D eigenvalue weighted by Gasteiger charge is -2.13. The zero-order chi connectivity index (χ0) is 25.9. The van der Waals surface area contributed by atoms with Crippen LogP contribution in [0.5, 0.6) is 11.5 Å². The van der Waals surface area contributed by atoms with Gasteiger partial charge in [0.2, 0.25) is 0 Å². The number of non-ortho nitro benzene ring substituents is 1. The van der Waals surface area contributed by atoms with Crippen molar-refractivity contribution in [3.63, 3.8) is 0 Å². The van der Waals surface area contributed by atoms with Crippen molar-refractivity contribution in [3.8, 4) is 17.6 Å². The summed E-state index contributed by atoms with van der Waals surface area (Å²) in [6, 6.07) is 21.1. The quantitative estimate of drug-likeness (QED) is 0.121. The number of rotatable bonds is 11. The van der Waals surface area contributed by atoms with Gasteiger partial charge in [-0.2, -0.15) is 5.26 Å². The first-order chi connectivity index (χ1) is 17.4. The molecular formula is C27H24ClN3O5. The third kappa shape index (κ3) is 7.32. The average molecular weight is 506 g/mol. The Labute approximate surface area is 213 Å². The standard InChI is InChI=1S/C27H24ClN3O5/c1-35-25-16-21(13-22(17-29)27(32)30-12-6-10-19-7-3-2-4-8-19)15-24(28)26(25)36-18-20-9-5-11-23(14-20)31(33)34/h2-5,7-9,11,13-16H,6,10,12,18H2,1H3,(H,30,32)/b22-13-. The highest BCUT2D eigenvalue weighted by molar-refractivity contribution is 6.32. The van der Waals surface area contributed by atoms with E-state index in [2.05, 4.69) is 5.32 Å². The van der Waals surface area contributed by atoms with Gasteiger partial charge in [0.25, 0.3) is 11.6 Å². The first-order valence-electron chi connectivity index (χ1n) is 11.1. The summed E-state index contributed by atoms with van der Waals surface area (Å²) in [6.07, 6.45) is 2.98. The summed E-state index contributed by atoms with van der Waals surface area (Å²) in [5, 5.41) is 23.4. The molecule has 36 heavy (non-hydrogen) atoms. The fourth-order valence-electron chi connectivity index (χ4n) is 3.43. The van der Waals surface area contributed by atoms with Crippen molar-refractivity contribution in [2.45, 2.75) is 19.4 Å². The minimum atomic E-state index is -0.482. The first kappa shape index (κ1) is 26.3. The monoisotopic (exact) mass is 505 g/mol. The molecule has 8 nitrogen and oxygen atoms in total. The van der Waals surface area contributed by atoms with E-state index < -0.39 is 10.8 Å². The van der Waals surface area contributed by atoms with Crippen LogP contribution in [-0.2, 0) is 17.8 Å². The van der Waals surface area contributed by atoms with Crippen LogP contribution < -0.4 is 14.8 Å². The molecule has 0 bridgehead atoms. The van der Waals surface area contributed by atoms with Gasteiger partial charge < -0.3 is 14.8 Å². The fourth-order valence-corrected chi connectivity index (χ4v) is 3.70. The van der Waals surface area contributed by atoms with E-state index in [1.165, 1.54) is 30.9 Å². The second-order valence-electron chi connectivity index (χ2n) is 7.76. The highest BCUT2D eigenvalue weighted by atomic mass is 35.5. The predicted octanol–water partition coefficient (Wildman–Crippen LogP) is 5.49. The first-order valence-corrected chi connectivity index (χ1v) is 11.5. The Balaban J connectivity index is 1.67. The Bertz CT molecular complexity index is 1300. The number of carbonyl (C=O) groups excluding carboxylic acids is 1. The maximum atomic E-state index is 12.5. The van der Waals surface area contributed by atoms with E-state index >= 15 is 0 Å². The van der Waals surface area contributed by atoms with Crippen molar-refractivity contribution in [2.24, 2.45) is 0 Å². The number of methoxy groups -OCH3 is 1. The van der Waals surface area contributed by atoms with E-state index in [0.717, 1.165) is 12.8 Å². The number of hydrogen-bond donors (Lipinski definition) is 1. The molecule has 0 atom stereocenters. The Morgan fingerprint density at radius 2 is 1.89 bits per heavy atom. The van der Waals surface area contributed by atoms with Gasteiger partial charge in [0.15, 0.2) is 11.5 Å². The molecule has 0 heterocycles. The third-order valence-corrected chi connectivity index (χ3v) is 5.48. The molecule has 0 saturated heterocycles. The number of aryl methyl sites for hydroxylation is 1. The topological polar surface area (TPSA) is 114 Å². The Morgan fingerprint density at radius 3 is 2.58 bits per heavy atom. The zero-order valence-corrected chi connectivity index (χ0v) is 20.3. The van der Waals surface area contributed by atoms with Crippen LogP contribution in [0.1, 0.15) is 23.1 Å². The van der Waals surface area contributed by atoms with Crippen LogP contribution >= 0.6 is 11.6 Å². The van der Waals surface area contributed by atoms with Gasteiger partial charge in [-0.05, 0) is 47.7 Å². The molecule has 1 N–H and O–H groups in total. The van der Waals surface area contributed by atoms with E-state index in [0.29, 0.717) is 23.4 Å². The smallest absolute Gasteiger partial charge is 0.269 e. The van der Waals surface area contributed by atoms with Gasteiger partial charge in [-0.15, -0.1) is 0 Å². The van der Waals surface area contributed by atoms with Crippen molar-refractivity contribution < 1.29 is 19.2 Å². The van der Waals surface area contributed by atoms with Gasteiger partial charge in [-0.3, -0.25) is 14.9 Å². The molecule has 0 aromatic heterocycles. The average Bonchev–Trinajstić information content (AvgIpc) is 2.89. The molecule has 9 heteroatoms. The lowest BCUT2D eigenvalue weighted by atomic mass is 10.1. The van der Waals surface area contributed by atoms with E-state index in [-0.39, 0.29) is 28.6 Å². The second kappa shape index (κ2) is 12.9. The predicted molar refractivity (Wildman–Crippen MR) is 137 cm³/mol. The molecule has 3 aromatic rings. The van der Waals surface area contributed by atoms with Crippen LogP contribution in [0.3, 0.4) is 0 Å². The van der Waals surface area contributed by atoms with Crippen molar-refractivity contribution in [2.75, 3.05) is 13.7 Å². The number of nitrogens with zero attached hydrogens (tertiary/aromatic N) is 2. The second-order valence-corrected chi connectivity index (χ2v) is 8.17. The minimum absolute atomic E-state index is 0.0295. The van der Waals surface area contributed by atoms with E-state index in [4.69, 9.17) is 21.1 Å². The van der Waals surface area contributed by atoms with Crippen molar-refractivity contribution in [1.82, 2.24) is 5.32 Å². The molecule has 0 aliphatic rings. The normalized spacial score (nSPS) is 10.9.